The van der Waals surface area contributed by atoms with E-state index in [0.717, 1.165) is 37.4 Å². The Hall–Kier alpha value is -0.600. The third-order valence-corrected chi connectivity index (χ3v) is 4.44. The molecule has 1 aromatic carbocycles. The molecule has 1 atom stereocenters. The maximum Gasteiger partial charge on any atom is 0.144 e. The fourth-order valence-electron chi connectivity index (χ4n) is 2.80. The zero-order chi connectivity index (χ0) is 13.9. The average Bonchev–Trinajstić information content (AvgIpc) is 3.20. The highest BCUT2D eigenvalue weighted by Crippen LogP contribution is 2.47. The van der Waals surface area contributed by atoms with E-state index in [2.05, 4.69) is 19.2 Å². The van der Waals surface area contributed by atoms with Crippen LogP contribution >= 0.6 is 11.6 Å². The van der Waals surface area contributed by atoms with Crippen molar-refractivity contribution in [1.29, 1.82) is 0 Å². The smallest absolute Gasteiger partial charge is 0.144 e. The van der Waals surface area contributed by atoms with Crippen LogP contribution in [0.25, 0.3) is 0 Å². The maximum absolute atomic E-state index is 14.1. The van der Waals surface area contributed by atoms with Gasteiger partial charge in [-0.15, -0.1) is 0 Å². The first-order chi connectivity index (χ1) is 9.07. The Morgan fingerprint density at radius 1 is 1.42 bits per heavy atom. The molecule has 0 aromatic heterocycles. The van der Waals surface area contributed by atoms with Crippen LogP contribution in [0, 0.1) is 17.2 Å². The minimum Gasteiger partial charge on any atom is -0.316 e. The van der Waals surface area contributed by atoms with Gasteiger partial charge in [0.2, 0.25) is 0 Å². The van der Waals surface area contributed by atoms with Crippen molar-refractivity contribution < 1.29 is 4.39 Å². The van der Waals surface area contributed by atoms with Crippen molar-refractivity contribution in [2.75, 3.05) is 13.1 Å². The highest BCUT2D eigenvalue weighted by molar-refractivity contribution is 6.30. The molecule has 1 unspecified atom stereocenters. The van der Waals surface area contributed by atoms with Gasteiger partial charge in [-0.2, -0.15) is 0 Å². The summed E-state index contributed by atoms with van der Waals surface area (Å²) in [5.41, 5.74) is 0.890. The Balaban J connectivity index is 2.09. The Labute approximate surface area is 120 Å². The molecule has 0 spiro atoms. The maximum atomic E-state index is 14.1. The first kappa shape index (κ1) is 14.8. The number of hydrogen-bond donors (Lipinski definition) is 1. The van der Waals surface area contributed by atoms with Crippen LogP contribution in [0.2, 0.25) is 5.02 Å². The van der Waals surface area contributed by atoms with E-state index in [9.17, 15) is 4.39 Å². The van der Waals surface area contributed by atoms with Gasteiger partial charge in [-0.25, -0.2) is 4.39 Å². The van der Waals surface area contributed by atoms with Crippen LogP contribution in [0.3, 0.4) is 0 Å². The molecule has 0 amide bonds. The summed E-state index contributed by atoms with van der Waals surface area (Å²) in [6, 6.07) is 5.32. The van der Waals surface area contributed by atoms with E-state index in [4.69, 9.17) is 11.6 Å². The molecule has 1 aromatic rings. The van der Waals surface area contributed by atoms with Crippen molar-refractivity contribution in [3.63, 3.8) is 0 Å². The zero-order valence-electron chi connectivity index (χ0n) is 11.8. The molecule has 1 fully saturated rings. The Kier molecular flexibility index (Phi) is 4.86. The van der Waals surface area contributed by atoms with Crippen molar-refractivity contribution in [2.45, 2.75) is 39.5 Å². The van der Waals surface area contributed by atoms with Crippen LogP contribution in [0.4, 0.5) is 4.39 Å². The molecular formula is C16H23ClFN. The summed E-state index contributed by atoms with van der Waals surface area (Å²) >= 11 is 5.87. The minimum absolute atomic E-state index is 0.140. The Morgan fingerprint density at radius 3 is 2.79 bits per heavy atom. The van der Waals surface area contributed by atoms with E-state index in [1.165, 1.54) is 12.8 Å². The lowest BCUT2D eigenvalue weighted by Gasteiger charge is -2.30. The lowest BCUT2D eigenvalue weighted by atomic mass is 9.78. The lowest BCUT2D eigenvalue weighted by molar-refractivity contribution is 0.253. The Morgan fingerprint density at radius 2 is 2.16 bits per heavy atom. The molecule has 106 valence electrons. The second-order valence-electron chi connectivity index (χ2n) is 5.99. The number of benzene rings is 1. The van der Waals surface area contributed by atoms with Crippen LogP contribution < -0.4 is 5.32 Å². The molecule has 1 N–H and O–H groups in total. The molecule has 0 saturated heterocycles. The van der Waals surface area contributed by atoms with Gasteiger partial charge in [-0.05, 0) is 55.2 Å². The SMILES string of the molecule is CCCNCC(C)(Cc1cccc(Cl)c1F)C1CC1. The molecule has 0 radical (unpaired) electrons. The van der Waals surface area contributed by atoms with E-state index >= 15 is 0 Å². The monoisotopic (exact) mass is 283 g/mol. The largest absolute Gasteiger partial charge is 0.316 e. The normalized spacial score (nSPS) is 18.3. The minimum atomic E-state index is -0.244. The molecule has 0 heterocycles. The van der Waals surface area contributed by atoms with E-state index < -0.39 is 0 Å². The molecule has 0 aliphatic heterocycles. The predicted octanol–water partition coefficient (Wildman–Crippen LogP) is 4.44. The standard InChI is InChI=1S/C16H23ClFN/c1-3-9-19-11-16(2,13-7-8-13)10-12-5-4-6-14(17)15(12)18/h4-6,13,19H,3,7-11H2,1-2H3. The molecule has 0 bridgehead atoms. The van der Waals surface area contributed by atoms with E-state index in [1.54, 1.807) is 6.07 Å². The lowest BCUT2D eigenvalue weighted by Crippen LogP contribution is -2.36. The van der Waals surface area contributed by atoms with E-state index in [1.807, 2.05) is 12.1 Å². The van der Waals surface area contributed by atoms with Crippen molar-refractivity contribution in [2.24, 2.45) is 11.3 Å². The van der Waals surface area contributed by atoms with Gasteiger partial charge in [0.25, 0.3) is 0 Å². The fraction of sp³-hybridized carbons (Fsp3) is 0.625. The Bertz CT molecular complexity index is 431. The first-order valence-corrected chi connectivity index (χ1v) is 7.58. The van der Waals surface area contributed by atoms with Crippen LogP contribution in [0.15, 0.2) is 18.2 Å². The fourth-order valence-corrected chi connectivity index (χ4v) is 3.00. The topological polar surface area (TPSA) is 12.0 Å². The van der Waals surface area contributed by atoms with Crippen molar-refractivity contribution in [3.8, 4) is 0 Å². The molecular weight excluding hydrogens is 261 g/mol. The van der Waals surface area contributed by atoms with E-state index in [-0.39, 0.29) is 16.3 Å². The predicted molar refractivity (Wildman–Crippen MR) is 79.1 cm³/mol. The van der Waals surface area contributed by atoms with Gasteiger partial charge in [-0.3, -0.25) is 0 Å². The zero-order valence-corrected chi connectivity index (χ0v) is 12.6. The summed E-state index contributed by atoms with van der Waals surface area (Å²) in [5, 5.41) is 3.73. The highest BCUT2D eigenvalue weighted by Gasteiger charge is 2.41. The van der Waals surface area contributed by atoms with Crippen LogP contribution in [0.1, 0.15) is 38.7 Å². The summed E-state index contributed by atoms with van der Waals surface area (Å²) in [6.07, 6.45) is 4.44. The van der Waals surface area contributed by atoms with Crippen molar-refractivity contribution in [3.05, 3.63) is 34.6 Å². The molecule has 1 aliphatic rings. The molecule has 1 nitrogen and oxygen atoms in total. The van der Waals surface area contributed by atoms with Gasteiger partial charge in [-0.1, -0.05) is 37.6 Å². The average molecular weight is 284 g/mol. The summed E-state index contributed by atoms with van der Waals surface area (Å²) in [6.45, 7) is 6.42. The van der Waals surface area contributed by atoms with Gasteiger partial charge in [0.1, 0.15) is 5.82 Å². The van der Waals surface area contributed by atoms with Crippen molar-refractivity contribution in [1.82, 2.24) is 5.32 Å². The summed E-state index contributed by atoms with van der Waals surface area (Å²) in [4.78, 5) is 0. The van der Waals surface area contributed by atoms with Gasteiger partial charge in [0, 0.05) is 6.54 Å². The first-order valence-electron chi connectivity index (χ1n) is 7.20. The molecule has 1 saturated carbocycles. The molecule has 1 aliphatic carbocycles. The third-order valence-electron chi connectivity index (χ3n) is 4.14. The highest BCUT2D eigenvalue weighted by atomic mass is 35.5. The van der Waals surface area contributed by atoms with Crippen LogP contribution in [0.5, 0.6) is 0 Å². The van der Waals surface area contributed by atoms with Gasteiger partial charge < -0.3 is 5.32 Å². The molecule has 3 heteroatoms. The number of halogens is 2. The van der Waals surface area contributed by atoms with Crippen LogP contribution in [-0.4, -0.2) is 13.1 Å². The van der Waals surface area contributed by atoms with Gasteiger partial charge in [0.05, 0.1) is 5.02 Å². The summed E-state index contributed by atoms with van der Waals surface area (Å²) in [5.74, 6) is 0.474. The van der Waals surface area contributed by atoms with Gasteiger partial charge in [0.15, 0.2) is 0 Å². The van der Waals surface area contributed by atoms with E-state index in [0.29, 0.717) is 0 Å². The number of hydrogen-bond acceptors (Lipinski definition) is 1. The van der Waals surface area contributed by atoms with Crippen molar-refractivity contribution >= 4 is 11.6 Å². The second-order valence-corrected chi connectivity index (χ2v) is 6.40. The molecule has 19 heavy (non-hydrogen) atoms. The number of rotatable bonds is 7. The second kappa shape index (κ2) is 6.23. The van der Waals surface area contributed by atoms with Gasteiger partial charge >= 0.3 is 0 Å². The third kappa shape index (κ3) is 3.70. The quantitative estimate of drug-likeness (QED) is 0.730. The van der Waals surface area contributed by atoms with Crippen LogP contribution in [-0.2, 0) is 6.42 Å². The summed E-state index contributed by atoms with van der Waals surface area (Å²) in [7, 11) is 0. The number of nitrogens with one attached hydrogen (secondary N) is 1. The molecule has 2 rings (SSSR count). The summed E-state index contributed by atoms with van der Waals surface area (Å²) < 4.78 is 14.1.